The minimum absolute atomic E-state index is 0.0998. The third-order valence-corrected chi connectivity index (χ3v) is 4.54. The summed E-state index contributed by atoms with van der Waals surface area (Å²) in [5.74, 6) is 0.642. The van der Waals surface area contributed by atoms with E-state index in [2.05, 4.69) is 23.7 Å². The number of nitrogens with two attached hydrogens (primary N) is 1. The first-order valence-corrected chi connectivity index (χ1v) is 8.65. The van der Waals surface area contributed by atoms with Crippen molar-refractivity contribution in [1.29, 1.82) is 0 Å². The summed E-state index contributed by atoms with van der Waals surface area (Å²) >= 11 is 0. The molecular formula is C19H25N3O2. The number of amides is 1. The van der Waals surface area contributed by atoms with Gasteiger partial charge in [0.25, 0.3) is 5.91 Å². The molecule has 3 rings (SSSR count). The van der Waals surface area contributed by atoms with E-state index in [0.717, 1.165) is 29.4 Å². The molecule has 1 amide bonds. The molecule has 0 aliphatic heterocycles. The Morgan fingerprint density at radius 1 is 1.33 bits per heavy atom. The first kappa shape index (κ1) is 16.7. The van der Waals surface area contributed by atoms with E-state index >= 15 is 0 Å². The highest BCUT2D eigenvalue weighted by Crippen LogP contribution is 2.33. The molecular weight excluding hydrogens is 302 g/mol. The number of para-hydroxylation sites is 1. The van der Waals surface area contributed by atoms with E-state index in [4.69, 9.17) is 5.73 Å². The summed E-state index contributed by atoms with van der Waals surface area (Å²) in [5, 5.41) is 3.91. The van der Waals surface area contributed by atoms with E-state index in [0.29, 0.717) is 37.4 Å². The molecule has 0 saturated heterocycles. The monoisotopic (exact) mass is 327 g/mol. The first-order valence-electron chi connectivity index (χ1n) is 8.65. The molecule has 1 heterocycles. The third kappa shape index (κ3) is 2.96. The Morgan fingerprint density at radius 3 is 2.83 bits per heavy atom. The smallest absolute Gasteiger partial charge is 0.253 e. The molecule has 128 valence electrons. The Labute approximate surface area is 142 Å². The second-order valence-electron chi connectivity index (χ2n) is 6.89. The predicted molar refractivity (Wildman–Crippen MR) is 95.2 cm³/mol. The molecule has 3 N–H and O–H groups in total. The number of aromatic nitrogens is 1. The van der Waals surface area contributed by atoms with Crippen LogP contribution in [0, 0.1) is 5.92 Å². The maximum absolute atomic E-state index is 12.6. The van der Waals surface area contributed by atoms with Crippen LogP contribution in [0.4, 0.5) is 0 Å². The first-order chi connectivity index (χ1) is 11.5. The van der Waals surface area contributed by atoms with Crippen molar-refractivity contribution in [2.24, 2.45) is 11.7 Å². The number of hydrogen-bond donors (Lipinski definition) is 2. The van der Waals surface area contributed by atoms with Crippen LogP contribution in [0.25, 0.3) is 10.9 Å². The van der Waals surface area contributed by atoms with Gasteiger partial charge >= 0.3 is 0 Å². The topological polar surface area (TPSA) is 77.1 Å². The number of hydrogen-bond acceptors (Lipinski definition) is 3. The maximum atomic E-state index is 12.6. The van der Waals surface area contributed by atoms with E-state index in [1.165, 1.54) is 5.69 Å². The molecule has 0 spiro atoms. The predicted octanol–water partition coefficient (Wildman–Crippen LogP) is 2.04. The number of rotatable bonds is 5. The number of nitrogens with one attached hydrogen (secondary N) is 1. The fourth-order valence-corrected chi connectivity index (χ4v) is 3.59. The Kier molecular flexibility index (Phi) is 4.71. The molecule has 1 aromatic heterocycles. The Balaban J connectivity index is 2.20. The summed E-state index contributed by atoms with van der Waals surface area (Å²) in [5.41, 5.74) is 9.46. The van der Waals surface area contributed by atoms with Gasteiger partial charge in [-0.15, -0.1) is 0 Å². The maximum Gasteiger partial charge on any atom is 0.253 e. The summed E-state index contributed by atoms with van der Waals surface area (Å²) < 4.78 is 2.26. The summed E-state index contributed by atoms with van der Waals surface area (Å²) in [4.78, 5) is 24.5. The van der Waals surface area contributed by atoms with E-state index in [1.807, 2.05) is 18.2 Å². The molecule has 1 aliphatic carbocycles. The highest BCUT2D eigenvalue weighted by atomic mass is 16.1. The van der Waals surface area contributed by atoms with Gasteiger partial charge in [-0.3, -0.25) is 9.59 Å². The number of nitrogens with zero attached hydrogens (tertiary/aromatic N) is 1. The van der Waals surface area contributed by atoms with E-state index in [-0.39, 0.29) is 11.7 Å². The lowest BCUT2D eigenvalue weighted by atomic mass is 9.94. The van der Waals surface area contributed by atoms with Gasteiger partial charge in [0.2, 0.25) is 0 Å². The molecule has 0 fully saturated rings. The van der Waals surface area contributed by atoms with Crippen LogP contribution < -0.4 is 11.1 Å². The number of carbonyl (C=O) groups is 2. The van der Waals surface area contributed by atoms with Crippen molar-refractivity contribution in [1.82, 2.24) is 9.88 Å². The van der Waals surface area contributed by atoms with Crippen molar-refractivity contribution in [3.8, 4) is 0 Å². The lowest BCUT2D eigenvalue weighted by molar-refractivity contribution is -0.118. The normalized spacial score (nSPS) is 14.2. The summed E-state index contributed by atoms with van der Waals surface area (Å²) in [6.45, 7) is 6.06. The van der Waals surface area contributed by atoms with Crippen LogP contribution in [-0.4, -0.2) is 29.3 Å². The zero-order chi connectivity index (χ0) is 17.3. The van der Waals surface area contributed by atoms with Crippen molar-refractivity contribution in [3.63, 3.8) is 0 Å². The standard InChI is InChI=1S/C19H25N3O2/c1-12(2)11-22-17-7-6-13(23)10-16(17)14-4-3-5-15(18(14)22)19(24)21-9-8-20/h3-5,12H,6-11,20H2,1-2H3,(H,21,24). The molecule has 24 heavy (non-hydrogen) atoms. The van der Waals surface area contributed by atoms with Crippen LogP contribution in [0.15, 0.2) is 18.2 Å². The van der Waals surface area contributed by atoms with Gasteiger partial charge in [0.15, 0.2) is 0 Å². The second kappa shape index (κ2) is 6.77. The molecule has 0 saturated carbocycles. The average Bonchev–Trinajstić information content (AvgIpc) is 2.85. The van der Waals surface area contributed by atoms with Gasteiger partial charge in [-0.25, -0.2) is 0 Å². The lowest BCUT2D eigenvalue weighted by Crippen LogP contribution is -2.29. The molecule has 5 nitrogen and oxygen atoms in total. The molecule has 0 radical (unpaired) electrons. The number of carbonyl (C=O) groups excluding carboxylic acids is 2. The number of benzene rings is 1. The van der Waals surface area contributed by atoms with Gasteiger partial charge < -0.3 is 15.6 Å². The van der Waals surface area contributed by atoms with E-state index in [9.17, 15) is 9.59 Å². The van der Waals surface area contributed by atoms with Crippen LogP contribution in [0.3, 0.4) is 0 Å². The molecule has 1 aromatic carbocycles. The van der Waals surface area contributed by atoms with Crippen molar-refractivity contribution < 1.29 is 9.59 Å². The van der Waals surface area contributed by atoms with Crippen LogP contribution in [0.2, 0.25) is 0 Å². The third-order valence-electron chi connectivity index (χ3n) is 4.54. The minimum Gasteiger partial charge on any atom is -0.351 e. The van der Waals surface area contributed by atoms with Crippen LogP contribution in [0.5, 0.6) is 0 Å². The minimum atomic E-state index is -0.0998. The summed E-state index contributed by atoms with van der Waals surface area (Å²) in [6.07, 6.45) is 1.83. The van der Waals surface area contributed by atoms with Crippen molar-refractivity contribution in [3.05, 3.63) is 35.0 Å². The van der Waals surface area contributed by atoms with E-state index < -0.39 is 0 Å². The summed E-state index contributed by atoms with van der Waals surface area (Å²) in [7, 11) is 0. The average molecular weight is 327 g/mol. The zero-order valence-corrected chi connectivity index (χ0v) is 14.4. The van der Waals surface area contributed by atoms with Gasteiger partial charge in [0.1, 0.15) is 5.78 Å². The quantitative estimate of drug-likeness (QED) is 0.882. The lowest BCUT2D eigenvalue weighted by Gasteiger charge is -2.17. The molecule has 0 unspecified atom stereocenters. The fraction of sp³-hybridized carbons (Fsp3) is 0.474. The van der Waals surface area contributed by atoms with Crippen molar-refractivity contribution in [2.45, 2.75) is 39.7 Å². The largest absolute Gasteiger partial charge is 0.351 e. The summed E-state index contributed by atoms with van der Waals surface area (Å²) in [6, 6.07) is 5.79. The molecule has 0 atom stereocenters. The fourth-order valence-electron chi connectivity index (χ4n) is 3.59. The Morgan fingerprint density at radius 2 is 2.12 bits per heavy atom. The van der Waals surface area contributed by atoms with Gasteiger partial charge in [-0.2, -0.15) is 0 Å². The highest BCUT2D eigenvalue weighted by Gasteiger charge is 2.26. The Hall–Kier alpha value is -2.14. The molecule has 2 aromatic rings. The van der Waals surface area contributed by atoms with Gasteiger partial charge in [0, 0.05) is 43.6 Å². The van der Waals surface area contributed by atoms with Gasteiger partial charge in [-0.05, 0) is 24.0 Å². The van der Waals surface area contributed by atoms with Crippen molar-refractivity contribution in [2.75, 3.05) is 13.1 Å². The van der Waals surface area contributed by atoms with Crippen LogP contribution >= 0.6 is 0 Å². The highest BCUT2D eigenvalue weighted by molar-refractivity contribution is 6.08. The van der Waals surface area contributed by atoms with E-state index in [1.54, 1.807) is 0 Å². The van der Waals surface area contributed by atoms with Gasteiger partial charge in [0.05, 0.1) is 11.1 Å². The van der Waals surface area contributed by atoms with Crippen LogP contribution in [-0.2, 0) is 24.2 Å². The number of Topliss-reactive ketones (excluding diaryl/α,β-unsaturated/α-hetero) is 1. The molecule has 0 bridgehead atoms. The van der Waals surface area contributed by atoms with Gasteiger partial charge in [-0.1, -0.05) is 26.0 Å². The molecule has 5 heteroatoms. The Bertz CT molecular complexity index is 789. The zero-order valence-electron chi connectivity index (χ0n) is 14.4. The second-order valence-corrected chi connectivity index (χ2v) is 6.89. The number of fused-ring (bicyclic) bond motifs is 3. The SMILES string of the molecule is CC(C)Cn1c2c(c3cccc(C(=O)NCCN)c31)CC(=O)CC2. The number of ketones is 1. The molecule has 1 aliphatic rings. The van der Waals surface area contributed by atoms with Crippen molar-refractivity contribution >= 4 is 22.6 Å². The van der Waals surface area contributed by atoms with Crippen LogP contribution in [0.1, 0.15) is 41.9 Å².